The molecule has 0 heterocycles. The highest BCUT2D eigenvalue weighted by atomic mass is 32.3. The van der Waals surface area contributed by atoms with Crippen molar-refractivity contribution in [2.24, 2.45) is 46.3 Å². The van der Waals surface area contributed by atoms with Crippen LogP contribution in [-0.4, -0.2) is 58.7 Å². The molecule has 8 heteroatoms. The second kappa shape index (κ2) is 14.5. The first-order valence-corrected chi connectivity index (χ1v) is 17.9. The quantitative estimate of drug-likeness (QED) is 0.114. The number of allylic oxidation sites excluding steroid dienone is 1. The summed E-state index contributed by atoms with van der Waals surface area (Å²) in [6.07, 6.45) is 17.5. The van der Waals surface area contributed by atoms with E-state index < -0.39 is 10.4 Å². The molecule has 4 aliphatic rings. The lowest BCUT2D eigenvalue weighted by Crippen LogP contribution is -2.51. The molecule has 3 fully saturated rings. The minimum atomic E-state index is -4.40. The molecule has 8 atom stereocenters. The van der Waals surface area contributed by atoms with Crippen molar-refractivity contribution in [1.82, 2.24) is 0 Å². The molecule has 4 aliphatic carbocycles. The summed E-state index contributed by atoms with van der Waals surface area (Å²) in [4.78, 5) is 0. The third kappa shape index (κ3) is 8.36. The maximum Gasteiger partial charge on any atom is 0.397 e. The summed E-state index contributed by atoms with van der Waals surface area (Å²) in [5.74, 6) is 5.20. The van der Waals surface area contributed by atoms with E-state index in [2.05, 4.69) is 44.9 Å². The Labute approximate surface area is 250 Å². The lowest BCUT2D eigenvalue weighted by atomic mass is 9.47. The van der Waals surface area contributed by atoms with E-state index in [1.165, 1.54) is 57.8 Å². The Morgan fingerprint density at radius 1 is 0.902 bits per heavy atom. The molecule has 4 rings (SSSR count). The fourth-order valence-corrected chi connectivity index (χ4v) is 9.87. The predicted octanol–water partition coefficient (Wildman–Crippen LogP) is 7.27. The zero-order valence-electron chi connectivity index (χ0n) is 26.4. The molecule has 0 aliphatic heterocycles. The molecule has 41 heavy (non-hydrogen) atoms. The standard InChI is InChI=1S/C33H58O7S/c1-24(2)7-6-8-25(3)29-11-12-30-28-10-9-26-23-27(13-15-32(26,4)31(28)14-16-33(29,30)5)39-21-19-37-17-18-38-20-22-40-41(34,35)36/h9,24-25,27-31H,6-8,10-23H2,1-5H3,(H,34,35,36)/t25-,27+,28+,29-,30+,31+,32+,33-/m1/s1. The van der Waals surface area contributed by atoms with Crippen molar-refractivity contribution in [3.05, 3.63) is 11.6 Å². The van der Waals surface area contributed by atoms with Crippen LogP contribution in [0.5, 0.6) is 0 Å². The Morgan fingerprint density at radius 3 is 2.32 bits per heavy atom. The summed E-state index contributed by atoms with van der Waals surface area (Å²) in [5.41, 5.74) is 2.55. The topological polar surface area (TPSA) is 91.3 Å². The molecular weight excluding hydrogens is 540 g/mol. The van der Waals surface area contributed by atoms with Crippen molar-refractivity contribution < 1.29 is 31.4 Å². The van der Waals surface area contributed by atoms with Crippen LogP contribution in [0.3, 0.4) is 0 Å². The highest BCUT2D eigenvalue weighted by Gasteiger charge is 2.59. The van der Waals surface area contributed by atoms with Crippen LogP contribution in [0.1, 0.15) is 105 Å². The first-order chi connectivity index (χ1) is 19.4. The van der Waals surface area contributed by atoms with Crippen LogP contribution in [-0.2, 0) is 28.8 Å². The lowest BCUT2D eigenvalue weighted by Gasteiger charge is -2.58. The zero-order chi connectivity index (χ0) is 29.7. The summed E-state index contributed by atoms with van der Waals surface area (Å²) in [6.45, 7) is 14.3. The number of ether oxygens (including phenoxy) is 3. The molecule has 0 bridgehead atoms. The molecule has 0 spiro atoms. The molecular formula is C33H58O7S. The van der Waals surface area contributed by atoms with E-state index >= 15 is 0 Å². The van der Waals surface area contributed by atoms with E-state index in [0.717, 1.165) is 48.3 Å². The third-order valence-corrected chi connectivity index (χ3v) is 12.1. The highest BCUT2D eigenvalue weighted by Crippen LogP contribution is 2.67. The Hall–Kier alpha value is -0.510. The molecule has 3 saturated carbocycles. The maximum atomic E-state index is 10.5. The number of rotatable bonds is 16. The summed E-state index contributed by atoms with van der Waals surface area (Å²) >= 11 is 0. The molecule has 238 valence electrons. The summed E-state index contributed by atoms with van der Waals surface area (Å²) in [7, 11) is -4.40. The molecule has 0 aromatic heterocycles. The van der Waals surface area contributed by atoms with Gasteiger partial charge in [0.2, 0.25) is 0 Å². The zero-order valence-corrected chi connectivity index (χ0v) is 27.3. The number of hydrogen-bond donors (Lipinski definition) is 1. The monoisotopic (exact) mass is 598 g/mol. The number of fused-ring (bicyclic) bond motifs is 5. The Kier molecular flexibility index (Phi) is 11.8. The molecule has 0 aromatic carbocycles. The predicted molar refractivity (Wildman–Crippen MR) is 162 cm³/mol. The molecule has 0 amide bonds. The normalized spacial score (nSPS) is 36.0. The Morgan fingerprint density at radius 2 is 1.61 bits per heavy atom. The van der Waals surface area contributed by atoms with Gasteiger partial charge in [0.1, 0.15) is 0 Å². The molecule has 0 unspecified atom stereocenters. The van der Waals surface area contributed by atoms with Crippen molar-refractivity contribution >= 4 is 10.4 Å². The average Bonchev–Trinajstić information content (AvgIpc) is 3.26. The van der Waals surface area contributed by atoms with Crippen LogP contribution in [0.2, 0.25) is 0 Å². The van der Waals surface area contributed by atoms with Crippen LogP contribution in [0.25, 0.3) is 0 Å². The molecule has 0 aromatic rings. The third-order valence-electron chi connectivity index (χ3n) is 11.7. The summed E-state index contributed by atoms with van der Waals surface area (Å²) in [5, 5.41) is 0. The van der Waals surface area contributed by atoms with Crippen LogP contribution in [0.4, 0.5) is 0 Å². The van der Waals surface area contributed by atoms with E-state index in [9.17, 15) is 8.42 Å². The van der Waals surface area contributed by atoms with Crippen LogP contribution >= 0.6 is 0 Å². The Balaban J connectivity index is 1.20. The fourth-order valence-electron chi connectivity index (χ4n) is 9.59. The van der Waals surface area contributed by atoms with Crippen LogP contribution in [0, 0.1) is 46.3 Å². The van der Waals surface area contributed by atoms with Gasteiger partial charge in [-0.25, -0.2) is 4.18 Å². The lowest BCUT2D eigenvalue weighted by molar-refractivity contribution is -0.0689. The van der Waals surface area contributed by atoms with Gasteiger partial charge >= 0.3 is 10.4 Å². The molecule has 1 N–H and O–H groups in total. The minimum Gasteiger partial charge on any atom is -0.377 e. The Bertz CT molecular complexity index is 965. The van der Waals surface area contributed by atoms with Gasteiger partial charge in [0, 0.05) is 0 Å². The van der Waals surface area contributed by atoms with E-state index in [0.29, 0.717) is 37.3 Å². The van der Waals surface area contributed by atoms with Gasteiger partial charge in [-0.2, -0.15) is 8.42 Å². The largest absolute Gasteiger partial charge is 0.397 e. The fraction of sp³-hybridized carbons (Fsp3) is 0.939. The second-order valence-electron chi connectivity index (χ2n) is 14.5. The first kappa shape index (κ1) is 33.4. The molecule has 0 radical (unpaired) electrons. The highest BCUT2D eigenvalue weighted by molar-refractivity contribution is 7.80. The van der Waals surface area contributed by atoms with Crippen LogP contribution in [0.15, 0.2) is 11.6 Å². The second-order valence-corrected chi connectivity index (χ2v) is 15.6. The van der Waals surface area contributed by atoms with Crippen molar-refractivity contribution in [3.8, 4) is 0 Å². The minimum absolute atomic E-state index is 0.0790. The van der Waals surface area contributed by atoms with Gasteiger partial charge in [-0.15, -0.1) is 0 Å². The van der Waals surface area contributed by atoms with Crippen molar-refractivity contribution in [1.29, 1.82) is 0 Å². The number of hydrogen-bond acceptors (Lipinski definition) is 6. The van der Waals surface area contributed by atoms with Gasteiger partial charge in [0.05, 0.1) is 45.7 Å². The summed E-state index contributed by atoms with van der Waals surface area (Å²) in [6, 6.07) is 0. The van der Waals surface area contributed by atoms with E-state index in [1.807, 2.05) is 0 Å². The van der Waals surface area contributed by atoms with Gasteiger partial charge < -0.3 is 14.2 Å². The van der Waals surface area contributed by atoms with Crippen LogP contribution < -0.4 is 0 Å². The summed E-state index contributed by atoms with van der Waals surface area (Å²) < 4.78 is 50.8. The van der Waals surface area contributed by atoms with Gasteiger partial charge in [-0.1, -0.05) is 65.5 Å². The van der Waals surface area contributed by atoms with E-state index in [1.54, 1.807) is 5.57 Å². The van der Waals surface area contributed by atoms with Gasteiger partial charge in [0.15, 0.2) is 0 Å². The maximum absolute atomic E-state index is 10.5. The molecule has 0 saturated heterocycles. The van der Waals surface area contributed by atoms with Crippen molar-refractivity contribution in [2.45, 2.75) is 111 Å². The van der Waals surface area contributed by atoms with Gasteiger partial charge in [-0.3, -0.25) is 4.55 Å². The van der Waals surface area contributed by atoms with Gasteiger partial charge in [0.25, 0.3) is 0 Å². The van der Waals surface area contributed by atoms with Crippen molar-refractivity contribution in [3.63, 3.8) is 0 Å². The smallest absolute Gasteiger partial charge is 0.377 e. The average molecular weight is 599 g/mol. The van der Waals surface area contributed by atoms with Gasteiger partial charge in [-0.05, 0) is 97.7 Å². The molecule has 7 nitrogen and oxygen atoms in total. The SMILES string of the molecule is CC(C)CCC[C@@H](C)[C@H]1CC[C@H]2[C@@H]3CC=C4C[C@@H](OCCOCCOCCOS(=O)(=O)O)CC[C@]4(C)[C@H]3CC[C@]12C. The first-order valence-electron chi connectivity index (χ1n) is 16.5. The van der Waals surface area contributed by atoms with E-state index in [-0.39, 0.29) is 19.3 Å². The van der Waals surface area contributed by atoms with E-state index in [4.69, 9.17) is 18.8 Å². The van der Waals surface area contributed by atoms with Crippen molar-refractivity contribution in [2.75, 3.05) is 39.6 Å².